The van der Waals surface area contributed by atoms with Crippen LogP contribution in [0, 0.1) is 0 Å². The van der Waals surface area contributed by atoms with Crippen molar-refractivity contribution in [2.24, 2.45) is 0 Å². The van der Waals surface area contributed by atoms with Crippen LogP contribution in [0.25, 0.3) is 0 Å². The first kappa shape index (κ1) is 16.8. The van der Waals surface area contributed by atoms with E-state index in [1.165, 1.54) is 37.7 Å². The Hall–Kier alpha value is -2.26. The lowest BCUT2D eigenvalue weighted by Crippen LogP contribution is -2.46. The van der Waals surface area contributed by atoms with E-state index in [0.717, 1.165) is 0 Å². The Morgan fingerprint density at radius 2 is 1.86 bits per heavy atom. The number of nitrogens with zero attached hydrogens (tertiary/aromatic N) is 1. The van der Waals surface area contributed by atoms with E-state index in [4.69, 9.17) is 9.62 Å². The van der Waals surface area contributed by atoms with Crippen LogP contribution in [0.15, 0.2) is 57.0 Å². The molecule has 0 bridgehead atoms. The van der Waals surface area contributed by atoms with Gasteiger partial charge in [0.1, 0.15) is 0 Å². The lowest BCUT2D eigenvalue weighted by molar-refractivity contribution is 0.142. The molecule has 0 saturated heterocycles. The Labute approximate surface area is 122 Å². The van der Waals surface area contributed by atoms with Crippen molar-refractivity contribution in [1.29, 1.82) is 0 Å². The third kappa shape index (κ3) is 4.36. The van der Waals surface area contributed by atoms with E-state index in [0.29, 0.717) is 4.31 Å². The summed E-state index contributed by atoms with van der Waals surface area (Å²) in [6.45, 7) is 2.99. The lowest BCUT2D eigenvalue weighted by Gasteiger charge is -2.23. The summed E-state index contributed by atoms with van der Waals surface area (Å²) in [5.74, 6) is 0. The van der Waals surface area contributed by atoms with Gasteiger partial charge in [-0.2, -0.15) is 8.42 Å². The average molecular weight is 316 g/mol. The molecule has 0 aliphatic rings. The number of carbonyl (C=O) groups is 1. The first-order valence-corrected chi connectivity index (χ1v) is 7.34. The van der Waals surface area contributed by atoms with E-state index in [2.05, 4.69) is 4.42 Å². The maximum absolute atomic E-state index is 11.9. The number of rotatable bonds is 3. The van der Waals surface area contributed by atoms with Crippen molar-refractivity contribution in [3.63, 3.8) is 0 Å². The fraction of sp³-hybridized carbons (Fsp3) is 0.250. The van der Waals surface area contributed by atoms with Gasteiger partial charge in [0.2, 0.25) is 5.09 Å². The number of urea groups is 1. The van der Waals surface area contributed by atoms with Crippen LogP contribution in [0.2, 0.25) is 0 Å². The number of amides is 2. The summed E-state index contributed by atoms with van der Waals surface area (Å²) in [4.78, 5) is 11.2. The van der Waals surface area contributed by atoms with Crippen molar-refractivity contribution in [2.45, 2.75) is 25.0 Å². The second kappa shape index (κ2) is 7.50. The van der Waals surface area contributed by atoms with Crippen molar-refractivity contribution < 1.29 is 27.3 Å². The highest BCUT2D eigenvalue weighted by Crippen LogP contribution is 2.18. The summed E-state index contributed by atoms with van der Waals surface area (Å²) in [6, 6.07) is 4.49. The van der Waals surface area contributed by atoms with Gasteiger partial charge in [0.25, 0.3) is 0 Å². The topological polar surface area (TPSA) is 113 Å². The third-order valence-electron chi connectivity index (χ3n) is 2.20. The standard InChI is InChI=1S/C8H12N2O5S.C4H4O/c1-6(2)10(8(11)9-12)16(13,14)7-4-3-5-15-7;1-2-4-5-3-1/h3-6,12H,1-2H3,(H,9,11);1-4H. The summed E-state index contributed by atoms with van der Waals surface area (Å²) in [5, 5.41) is 8.12. The zero-order valence-corrected chi connectivity index (χ0v) is 12.3. The van der Waals surface area contributed by atoms with Gasteiger partial charge in [-0.05, 0) is 38.1 Å². The summed E-state index contributed by atoms with van der Waals surface area (Å²) in [6.07, 6.45) is 4.43. The van der Waals surface area contributed by atoms with Gasteiger partial charge in [-0.1, -0.05) is 0 Å². The van der Waals surface area contributed by atoms with Gasteiger partial charge in [0.05, 0.1) is 18.8 Å². The predicted molar refractivity (Wildman–Crippen MR) is 71.9 cm³/mol. The van der Waals surface area contributed by atoms with Crippen molar-refractivity contribution in [3.05, 3.63) is 43.1 Å². The molecule has 2 aromatic rings. The van der Waals surface area contributed by atoms with Crippen LogP contribution in [0.1, 0.15) is 13.8 Å². The van der Waals surface area contributed by atoms with E-state index >= 15 is 0 Å². The Morgan fingerprint density at radius 1 is 1.24 bits per heavy atom. The number of hydrogen-bond donors (Lipinski definition) is 2. The molecule has 0 radical (unpaired) electrons. The van der Waals surface area contributed by atoms with Gasteiger partial charge >= 0.3 is 16.1 Å². The van der Waals surface area contributed by atoms with Crippen LogP contribution >= 0.6 is 0 Å². The molecule has 0 unspecified atom stereocenters. The van der Waals surface area contributed by atoms with Gasteiger partial charge in [0, 0.05) is 6.04 Å². The van der Waals surface area contributed by atoms with E-state index in [9.17, 15) is 13.2 Å². The molecule has 0 fully saturated rings. The monoisotopic (exact) mass is 316 g/mol. The maximum atomic E-state index is 11.9. The normalized spacial score (nSPS) is 10.7. The van der Waals surface area contributed by atoms with Crippen LogP contribution in [0.5, 0.6) is 0 Å². The second-order valence-electron chi connectivity index (χ2n) is 4.04. The molecule has 0 aliphatic heterocycles. The molecule has 0 aromatic carbocycles. The molecule has 0 saturated carbocycles. The number of furan rings is 2. The first-order valence-electron chi connectivity index (χ1n) is 5.90. The number of carbonyl (C=O) groups excluding carboxylic acids is 1. The van der Waals surface area contributed by atoms with Gasteiger partial charge in [-0.25, -0.2) is 14.6 Å². The summed E-state index contributed by atoms with van der Waals surface area (Å²) in [5.41, 5.74) is 1.28. The first-order chi connectivity index (χ1) is 9.91. The average Bonchev–Trinajstić information content (AvgIpc) is 3.13. The molecular weight excluding hydrogens is 300 g/mol. The van der Waals surface area contributed by atoms with Crippen molar-refractivity contribution in [1.82, 2.24) is 9.79 Å². The Balaban J connectivity index is 0.000000369. The van der Waals surface area contributed by atoms with Crippen molar-refractivity contribution in [2.75, 3.05) is 0 Å². The minimum Gasteiger partial charge on any atom is -0.473 e. The molecule has 2 rings (SSSR count). The molecule has 21 heavy (non-hydrogen) atoms. The lowest BCUT2D eigenvalue weighted by atomic mass is 10.4. The van der Waals surface area contributed by atoms with Gasteiger partial charge in [-0.15, -0.1) is 0 Å². The molecule has 9 heteroatoms. The Morgan fingerprint density at radius 3 is 2.19 bits per heavy atom. The van der Waals surface area contributed by atoms with Crippen LogP contribution in [0.4, 0.5) is 4.79 Å². The van der Waals surface area contributed by atoms with Crippen LogP contribution in [-0.2, 0) is 10.0 Å². The Bertz CT molecular complexity index is 602. The number of hydroxylamine groups is 1. The highest BCUT2D eigenvalue weighted by Gasteiger charge is 2.33. The summed E-state index contributed by atoms with van der Waals surface area (Å²) >= 11 is 0. The molecule has 0 atom stereocenters. The quantitative estimate of drug-likeness (QED) is 0.662. The van der Waals surface area contributed by atoms with Gasteiger partial charge in [0.15, 0.2) is 0 Å². The van der Waals surface area contributed by atoms with Crippen LogP contribution in [-0.4, -0.2) is 30.0 Å². The second-order valence-corrected chi connectivity index (χ2v) is 5.78. The molecular formula is C12H16N2O6S. The third-order valence-corrected chi connectivity index (χ3v) is 4.04. The maximum Gasteiger partial charge on any atom is 0.355 e. The minimum atomic E-state index is -4.07. The zero-order valence-electron chi connectivity index (χ0n) is 11.5. The Kier molecular flexibility index (Phi) is 6.00. The summed E-state index contributed by atoms with van der Waals surface area (Å²) < 4.78 is 33.6. The molecule has 0 aliphatic carbocycles. The molecule has 2 aromatic heterocycles. The van der Waals surface area contributed by atoms with E-state index in [-0.39, 0.29) is 5.09 Å². The number of nitrogens with one attached hydrogen (secondary N) is 1. The fourth-order valence-electron chi connectivity index (χ4n) is 1.40. The number of hydrogen-bond acceptors (Lipinski definition) is 6. The SMILES string of the molecule is CC(C)N(C(=O)NO)S(=O)(=O)c1ccco1.c1ccoc1. The van der Waals surface area contributed by atoms with Crippen molar-refractivity contribution in [3.8, 4) is 0 Å². The van der Waals surface area contributed by atoms with Gasteiger partial charge in [-0.3, -0.25) is 5.21 Å². The smallest absolute Gasteiger partial charge is 0.355 e. The molecule has 2 N–H and O–H groups in total. The summed E-state index contributed by atoms with van der Waals surface area (Å²) in [7, 11) is -4.07. The molecule has 8 nitrogen and oxygen atoms in total. The number of sulfonamides is 1. The van der Waals surface area contributed by atoms with E-state index in [1.807, 2.05) is 12.1 Å². The highest BCUT2D eigenvalue weighted by atomic mass is 32.2. The molecule has 2 amide bonds. The fourth-order valence-corrected chi connectivity index (χ4v) is 2.84. The predicted octanol–water partition coefficient (Wildman–Crippen LogP) is 2.06. The van der Waals surface area contributed by atoms with Crippen LogP contribution in [0.3, 0.4) is 0 Å². The molecule has 0 spiro atoms. The van der Waals surface area contributed by atoms with Crippen molar-refractivity contribution >= 4 is 16.1 Å². The highest BCUT2D eigenvalue weighted by molar-refractivity contribution is 7.89. The minimum absolute atomic E-state index is 0.357. The zero-order chi connectivity index (χ0) is 15.9. The van der Waals surface area contributed by atoms with E-state index in [1.54, 1.807) is 12.5 Å². The van der Waals surface area contributed by atoms with E-state index < -0.39 is 22.1 Å². The van der Waals surface area contributed by atoms with Gasteiger partial charge < -0.3 is 8.83 Å². The largest absolute Gasteiger partial charge is 0.473 e. The molecule has 2 heterocycles. The van der Waals surface area contributed by atoms with Crippen LogP contribution < -0.4 is 5.48 Å². The molecule has 116 valence electrons.